The highest BCUT2D eigenvalue weighted by Gasteiger charge is 2.09. The molecule has 1 heterocycles. The predicted molar refractivity (Wildman–Crippen MR) is 71.8 cm³/mol. The van der Waals surface area contributed by atoms with Crippen molar-refractivity contribution in [1.82, 2.24) is 20.1 Å². The third-order valence-electron chi connectivity index (χ3n) is 2.45. The maximum absolute atomic E-state index is 11.5. The molecule has 0 atom stereocenters. The molecule has 2 aromatic rings. The van der Waals surface area contributed by atoms with Crippen LogP contribution in [0.2, 0.25) is 0 Å². The number of benzene rings is 1. The van der Waals surface area contributed by atoms with Crippen LogP contribution < -0.4 is 10.6 Å². The Balaban J connectivity index is 1.84. The van der Waals surface area contributed by atoms with E-state index in [4.69, 9.17) is 5.11 Å². The van der Waals surface area contributed by atoms with Gasteiger partial charge in [0.1, 0.15) is 0 Å². The van der Waals surface area contributed by atoms with Gasteiger partial charge < -0.3 is 10.4 Å². The summed E-state index contributed by atoms with van der Waals surface area (Å²) in [6.45, 7) is 0.308. The lowest BCUT2D eigenvalue weighted by Crippen LogP contribution is -2.30. The van der Waals surface area contributed by atoms with Crippen LogP contribution in [0.4, 0.5) is 9.93 Å². The molecule has 8 nitrogen and oxygen atoms in total. The maximum atomic E-state index is 11.5. The minimum Gasteiger partial charge on any atom is -0.478 e. The first-order chi connectivity index (χ1) is 9.66. The second-order valence-electron chi connectivity index (χ2n) is 3.76. The van der Waals surface area contributed by atoms with Gasteiger partial charge in [0, 0.05) is 18.1 Å². The van der Waals surface area contributed by atoms with Crippen LogP contribution in [-0.4, -0.2) is 38.5 Å². The summed E-state index contributed by atoms with van der Waals surface area (Å²) in [7, 11) is 0. The van der Waals surface area contributed by atoms with E-state index in [-0.39, 0.29) is 5.56 Å². The molecule has 0 aliphatic heterocycles. The molecule has 104 valence electrons. The molecule has 1 aromatic heterocycles. The first kappa shape index (κ1) is 13.9. The number of hydrogen-bond acceptors (Lipinski definition) is 6. The molecule has 0 saturated carbocycles. The average molecular weight is 293 g/mol. The average Bonchev–Trinajstić information content (AvgIpc) is 2.92. The van der Waals surface area contributed by atoms with Gasteiger partial charge in [-0.05, 0) is 23.3 Å². The molecule has 0 saturated heterocycles. The summed E-state index contributed by atoms with van der Waals surface area (Å²) in [6.07, 6.45) is 0.421. The van der Waals surface area contributed by atoms with Crippen LogP contribution >= 0.6 is 11.5 Å². The van der Waals surface area contributed by atoms with E-state index in [1.165, 1.54) is 6.07 Å². The fourth-order valence-electron chi connectivity index (χ4n) is 1.58. The number of amides is 2. The van der Waals surface area contributed by atoms with Crippen molar-refractivity contribution in [3.8, 4) is 0 Å². The standard InChI is InChI=1S/C11H11N5O3S/c17-9(18)8-4-2-1-3-7(8)5-6-12-10(19)13-11-14-15-16-20-11/h1-4H,5-6H2,(H,17,18)(H2,12,13,14,16,19). The van der Waals surface area contributed by atoms with Gasteiger partial charge in [-0.25, -0.2) is 9.59 Å². The number of carbonyl (C=O) groups excluding carboxylic acids is 1. The number of carboxylic acids is 1. The summed E-state index contributed by atoms with van der Waals surface area (Å²) in [5.74, 6) is -0.981. The lowest BCUT2D eigenvalue weighted by Gasteiger charge is -2.07. The number of carbonyl (C=O) groups is 2. The highest BCUT2D eigenvalue weighted by atomic mass is 32.1. The van der Waals surface area contributed by atoms with E-state index >= 15 is 0 Å². The molecular formula is C11H11N5O3S. The second-order valence-corrected chi connectivity index (χ2v) is 4.49. The molecule has 1 aromatic carbocycles. The van der Waals surface area contributed by atoms with Gasteiger partial charge in [-0.15, -0.1) is 0 Å². The molecule has 0 fully saturated rings. The maximum Gasteiger partial charge on any atom is 0.335 e. The van der Waals surface area contributed by atoms with Crippen molar-refractivity contribution in [1.29, 1.82) is 0 Å². The first-order valence-corrected chi connectivity index (χ1v) is 6.45. The third-order valence-corrected chi connectivity index (χ3v) is 2.96. The topological polar surface area (TPSA) is 117 Å². The van der Waals surface area contributed by atoms with Gasteiger partial charge in [0.05, 0.1) is 5.56 Å². The van der Waals surface area contributed by atoms with Crippen LogP contribution in [0.15, 0.2) is 24.3 Å². The van der Waals surface area contributed by atoms with Crippen molar-refractivity contribution in [2.24, 2.45) is 0 Å². The smallest absolute Gasteiger partial charge is 0.335 e. The summed E-state index contributed by atoms with van der Waals surface area (Å²) >= 11 is 0.966. The van der Waals surface area contributed by atoms with E-state index < -0.39 is 12.0 Å². The molecule has 0 bridgehead atoms. The number of rotatable bonds is 5. The summed E-state index contributed by atoms with van der Waals surface area (Å²) in [5, 5.41) is 21.3. The largest absolute Gasteiger partial charge is 0.478 e. The highest BCUT2D eigenvalue weighted by Crippen LogP contribution is 2.09. The fraction of sp³-hybridized carbons (Fsp3) is 0.182. The van der Waals surface area contributed by atoms with Gasteiger partial charge in [-0.2, -0.15) is 0 Å². The second kappa shape index (κ2) is 6.57. The molecule has 9 heteroatoms. The summed E-state index contributed by atoms with van der Waals surface area (Å²) in [5.41, 5.74) is 0.904. The van der Waals surface area contributed by atoms with Crippen LogP contribution in [0.1, 0.15) is 15.9 Å². The van der Waals surface area contributed by atoms with Crippen LogP contribution in [0.25, 0.3) is 0 Å². The van der Waals surface area contributed by atoms with E-state index in [0.29, 0.717) is 23.7 Å². The lowest BCUT2D eigenvalue weighted by atomic mass is 10.0. The van der Waals surface area contributed by atoms with Crippen molar-refractivity contribution in [3.63, 3.8) is 0 Å². The predicted octanol–water partition coefficient (Wildman–Crippen LogP) is 0.995. The Hall–Kier alpha value is -2.55. The number of carboxylic acid groups (broad SMARTS) is 1. The Labute approximate surface area is 118 Å². The Morgan fingerprint density at radius 3 is 2.80 bits per heavy atom. The van der Waals surface area contributed by atoms with Gasteiger partial charge >= 0.3 is 12.0 Å². The zero-order valence-corrected chi connectivity index (χ0v) is 11.1. The zero-order chi connectivity index (χ0) is 14.4. The van der Waals surface area contributed by atoms with Crippen LogP contribution in [0.3, 0.4) is 0 Å². The van der Waals surface area contributed by atoms with Crippen molar-refractivity contribution < 1.29 is 14.7 Å². The molecule has 2 amide bonds. The molecule has 3 N–H and O–H groups in total. The Morgan fingerprint density at radius 1 is 1.30 bits per heavy atom. The van der Waals surface area contributed by atoms with E-state index in [1.54, 1.807) is 18.2 Å². The monoisotopic (exact) mass is 293 g/mol. The van der Waals surface area contributed by atoms with E-state index in [9.17, 15) is 9.59 Å². The Kier molecular flexibility index (Phi) is 4.56. The number of aromatic carboxylic acids is 1. The Bertz CT molecular complexity index is 602. The van der Waals surface area contributed by atoms with Crippen molar-refractivity contribution >= 4 is 28.7 Å². The summed E-state index contributed by atoms with van der Waals surface area (Å²) < 4.78 is 3.51. The van der Waals surface area contributed by atoms with Gasteiger partial charge in [0.25, 0.3) is 0 Å². The SMILES string of the molecule is O=C(NCCc1ccccc1C(=O)O)Nc1nnns1. The first-order valence-electron chi connectivity index (χ1n) is 5.68. The zero-order valence-electron chi connectivity index (χ0n) is 10.2. The van der Waals surface area contributed by atoms with Crippen LogP contribution in [0, 0.1) is 0 Å². The van der Waals surface area contributed by atoms with Gasteiger partial charge in [0.2, 0.25) is 5.13 Å². The number of hydrogen-bond donors (Lipinski definition) is 3. The minimum atomic E-state index is -0.981. The van der Waals surface area contributed by atoms with Crippen molar-refractivity contribution in [3.05, 3.63) is 35.4 Å². The van der Waals surface area contributed by atoms with Crippen LogP contribution in [-0.2, 0) is 6.42 Å². The molecule has 0 spiro atoms. The third kappa shape index (κ3) is 3.72. The summed E-state index contributed by atoms with van der Waals surface area (Å²) in [4.78, 5) is 22.5. The molecule has 20 heavy (non-hydrogen) atoms. The van der Waals surface area contributed by atoms with Gasteiger partial charge in [-0.3, -0.25) is 5.32 Å². The fourth-order valence-corrected chi connectivity index (χ4v) is 1.94. The normalized spacial score (nSPS) is 10.0. The molecule has 0 unspecified atom stereocenters. The lowest BCUT2D eigenvalue weighted by molar-refractivity contribution is 0.0695. The number of nitrogens with zero attached hydrogens (tertiary/aromatic N) is 3. The number of anilines is 1. The molecule has 0 aliphatic carbocycles. The highest BCUT2D eigenvalue weighted by molar-refractivity contribution is 7.09. The summed E-state index contributed by atoms with van der Waals surface area (Å²) in [6, 6.07) is 6.24. The Morgan fingerprint density at radius 2 is 2.10 bits per heavy atom. The quantitative estimate of drug-likeness (QED) is 0.757. The number of aromatic nitrogens is 3. The minimum absolute atomic E-state index is 0.239. The van der Waals surface area contributed by atoms with E-state index in [1.807, 2.05) is 0 Å². The van der Waals surface area contributed by atoms with E-state index in [0.717, 1.165) is 11.5 Å². The molecule has 0 radical (unpaired) electrons. The number of nitrogens with one attached hydrogen (secondary N) is 2. The molecule has 0 aliphatic rings. The van der Waals surface area contributed by atoms with Crippen molar-refractivity contribution in [2.75, 3.05) is 11.9 Å². The van der Waals surface area contributed by atoms with Gasteiger partial charge in [0.15, 0.2) is 0 Å². The van der Waals surface area contributed by atoms with E-state index in [2.05, 4.69) is 25.4 Å². The van der Waals surface area contributed by atoms with Crippen molar-refractivity contribution in [2.45, 2.75) is 6.42 Å². The number of urea groups is 1. The molecule has 2 rings (SSSR count). The van der Waals surface area contributed by atoms with Gasteiger partial charge in [-0.1, -0.05) is 27.8 Å². The molecular weight excluding hydrogens is 282 g/mol. The van der Waals surface area contributed by atoms with Crippen LogP contribution in [0.5, 0.6) is 0 Å².